The highest BCUT2D eigenvalue weighted by Gasteiger charge is 2.31. The Bertz CT molecular complexity index is 1160. The molecule has 1 aliphatic rings. The van der Waals surface area contributed by atoms with Gasteiger partial charge in [0.15, 0.2) is 11.5 Å². The molecule has 3 heterocycles. The number of amides is 1. The monoisotopic (exact) mass is 417 g/mol. The van der Waals surface area contributed by atoms with Gasteiger partial charge in [-0.2, -0.15) is 4.68 Å². The Balaban J connectivity index is 1.80. The molecule has 0 radical (unpaired) electrons. The fourth-order valence-corrected chi connectivity index (χ4v) is 3.40. The molecule has 2 aromatic heterocycles. The zero-order valence-electron chi connectivity index (χ0n) is 17.9. The number of benzene rings is 1. The zero-order chi connectivity index (χ0) is 22.0. The molecule has 1 aliphatic heterocycles. The Morgan fingerprint density at radius 1 is 1.13 bits per heavy atom. The molecule has 0 fully saturated rings. The number of likely N-dealkylation sites (N-methyl/N-ethyl adjacent to an activating group) is 1. The lowest BCUT2D eigenvalue weighted by Crippen LogP contribution is -2.31. The van der Waals surface area contributed by atoms with Gasteiger partial charge < -0.3 is 4.90 Å². The molecule has 0 saturated carbocycles. The summed E-state index contributed by atoms with van der Waals surface area (Å²) in [5.41, 5.74) is 3.92. The van der Waals surface area contributed by atoms with Gasteiger partial charge in [0.05, 0.1) is 11.9 Å². The van der Waals surface area contributed by atoms with Crippen molar-refractivity contribution in [1.82, 2.24) is 29.7 Å². The number of carbonyl (C=O) groups excluding carboxylic acids is 1. The normalized spacial score (nSPS) is 13.8. The Morgan fingerprint density at radius 3 is 2.55 bits per heavy atom. The Hall–Kier alpha value is -3.95. The summed E-state index contributed by atoms with van der Waals surface area (Å²) in [6, 6.07) is 6.12. The van der Waals surface area contributed by atoms with Gasteiger partial charge in [-0.05, 0) is 44.5 Å². The van der Waals surface area contributed by atoms with E-state index in [-0.39, 0.29) is 0 Å². The average molecular weight is 417 g/mol. The topological polar surface area (TPSA) is 105 Å². The first-order valence-corrected chi connectivity index (χ1v) is 10.0. The third-order valence-corrected chi connectivity index (χ3v) is 5.08. The summed E-state index contributed by atoms with van der Waals surface area (Å²) < 4.78 is 1.54. The van der Waals surface area contributed by atoms with E-state index in [0.717, 1.165) is 30.0 Å². The maximum atomic E-state index is 11.5. The lowest BCUT2D eigenvalue weighted by atomic mass is 10.1. The van der Waals surface area contributed by atoms with Gasteiger partial charge in [-0.15, -0.1) is 15.3 Å². The predicted molar refractivity (Wildman–Crippen MR) is 119 cm³/mol. The lowest BCUT2D eigenvalue weighted by Gasteiger charge is -2.21. The van der Waals surface area contributed by atoms with Gasteiger partial charge in [0.25, 0.3) is 0 Å². The molecule has 1 amide bonds. The third-order valence-electron chi connectivity index (χ3n) is 5.08. The summed E-state index contributed by atoms with van der Waals surface area (Å²) in [6.07, 6.45) is 5.43. The maximum absolute atomic E-state index is 11.5. The largest absolute Gasteiger partial charge is 0.372 e. The number of aliphatic imine (C=N–C) groups is 1. The molecule has 0 saturated heterocycles. The van der Waals surface area contributed by atoms with Crippen LogP contribution < -0.4 is 4.90 Å². The van der Waals surface area contributed by atoms with Gasteiger partial charge >= 0.3 is 0 Å². The standard InChI is InChI=1S/C21H23N9O/c1-5-29(6-2)15-7-8-16(14(3)11-15)24-18-20-26-25-19(17-12-22-9-10-23-17)30(20)27-21(18)28(4)13-31/h7-13H,5-6H2,1-4H3/b24-18+. The number of anilines is 1. The Morgan fingerprint density at radius 2 is 1.90 bits per heavy atom. The number of aryl methyl sites for hydroxylation is 1. The second kappa shape index (κ2) is 8.42. The van der Waals surface area contributed by atoms with E-state index in [1.54, 1.807) is 25.6 Å². The molecule has 0 spiro atoms. The van der Waals surface area contributed by atoms with E-state index < -0.39 is 0 Å². The lowest BCUT2D eigenvalue weighted by molar-refractivity contribution is -0.113. The second-order valence-corrected chi connectivity index (χ2v) is 6.99. The Kier molecular flexibility index (Phi) is 5.52. The van der Waals surface area contributed by atoms with E-state index in [1.165, 1.54) is 9.58 Å². The molecule has 0 bridgehead atoms. The zero-order valence-corrected chi connectivity index (χ0v) is 17.9. The molecule has 10 heteroatoms. The van der Waals surface area contributed by atoms with Crippen LogP contribution in [-0.2, 0) is 4.79 Å². The van der Waals surface area contributed by atoms with E-state index in [1.807, 2.05) is 19.1 Å². The molecular formula is C21H23N9O. The van der Waals surface area contributed by atoms with Crippen molar-refractivity contribution in [3.05, 3.63) is 48.2 Å². The maximum Gasteiger partial charge on any atom is 0.215 e. The van der Waals surface area contributed by atoms with Crippen molar-refractivity contribution in [3.63, 3.8) is 0 Å². The van der Waals surface area contributed by atoms with Crippen molar-refractivity contribution < 1.29 is 4.79 Å². The van der Waals surface area contributed by atoms with Crippen LogP contribution in [0.4, 0.5) is 11.4 Å². The van der Waals surface area contributed by atoms with Crippen LogP contribution in [0.15, 0.2) is 46.9 Å². The van der Waals surface area contributed by atoms with Crippen molar-refractivity contribution in [1.29, 1.82) is 0 Å². The quantitative estimate of drug-likeness (QED) is 0.570. The number of amidine groups is 1. The van der Waals surface area contributed by atoms with Crippen molar-refractivity contribution >= 4 is 29.3 Å². The number of carbonyl (C=O) groups is 1. The van der Waals surface area contributed by atoms with Crippen molar-refractivity contribution in [2.45, 2.75) is 20.8 Å². The first-order valence-electron chi connectivity index (χ1n) is 10.0. The summed E-state index contributed by atoms with van der Waals surface area (Å²) in [5, 5.41) is 13.0. The van der Waals surface area contributed by atoms with Gasteiger partial charge in [0, 0.05) is 38.2 Å². The fraction of sp³-hybridized carbons (Fsp3) is 0.286. The van der Waals surface area contributed by atoms with Crippen LogP contribution in [0.2, 0.25) is 0 Å². The van der Waals surface area contributed by atoms with Crippen molar-refractivity contribution in [3.8, 4) is 11.5 Å². The summed E-state index contributed by atoms with van der Waals surface area (Å²) in [5.74, 6) is 1.26. The summed E-state index contributed by atoms with van der Waals surface area (Å²) >= 11 is 0. The summed E-state index contributed by atoms with van der Waals surface area (Å²) in [4.78, 5) is 28.3. The van der Waals surface area contributed by atoms with E-state index in [9.17, 15) is 4.79 Å². The molecular weight excluding hydrogens is 394 g/mol. The summed E-state index contributed by atoms with van der Waals surface area (Å²) in [6.45, 7) is 8.13. The highest BCUT2D eigenvalue weighted by atomic mass is 16.1. The molecule has 1 aromatic carbocycles. The highest BCUT2D eigenvalue weighted by molar-refractivity contribution is 6.49. The molecule has 0 N–H and O–H groups in total. The van der Waals surface area contributed by atoms with Crippen LogP contribution in [0.25, 0.3) is 11.5 Å². The van der Waals surface area contributed by atoms with Crippen LogP contribution in [0.5, 0.6) is 0 Å². The average Bonchev–Trinajstić information content (AvgIpc) is 3.36. The number of aromatic nitrogens is 5. The van der Waals surface area contributed by atoms with Crippen LogP contribution >= 0.6 is 0 Å². The minimum absolute atomic E-state index is 0.386. The predicted octanol–water partition coefficient (Wildman–Crippen LogP) is 2.27. The van der Waals surface area contributed by atoms with Crippen molar-refractivity contribution in [2.24, 2.45) is 10.1 Å². The second-order valence-electron chi connectivity index (χ2n) is 6.99. The van der Waals surface area contributed by atoms with Crippen molar-refractivity contribution in [2.75, 3.05) is 25.0 Å². The van der Waals surface area contributed by atoms with Crippen LogP contribution in [0.3, 0.4) is 0 Å². The fourth-order valence-electron chi connectivity index (χ4n) is 3.40. The van der Waals surface area contributed by atoms with Crippen LogP contribution in [0.1, 0.15) is 25.2 Å². The minimum atomic E-state index is 0.386. The van der Waals surface area contributed by atoms with Crippen LogP contribution in [0, 0.1) is 6.92 Å². The number of hydrogen-bond donors (Lipinski definition) is 0. The summed E-state index contributed by atoms with van der Waals surface area (Å²) in [7, 11) is 1.62. The highest BCUT2D eigenvalue weighted by Crippen LogP contribution is 2.28. The number of nitrogens with zero attached hydrogens (tertiary/aromatic N) is 9. The van der Waals surface area contributed by atoms with E-state index >= 15 is 0 Å². The van der Waals surface area contributed by atoms with E-state index in [0.29, 0.717) is 35.3 Å². The van der Waals surface area contributed by atoms with Gasteiger partial charge in [-0.25, -0.2) is 9.98 Å². The minimum Gasteiger partial charge on any atom is -0.372 e. The molecule has 31 heavy (non-hydrogen) atoms. The van der Waals surface area contributed by atoms with E-state index in [4.69, 9.17) is 4.99 Å². The van der Waals surface area contributed by atoms with Gasteiger partial charge in [-0.3, -0.25) is 14.7 Å². The first-order chi connectivity index (χ1) is 15.1. The Labute approximate surface area is 180 Å². The molecule has 0 atom stereocenters. The molecule has 0 aliphatic carbocycles. The smallest absolute Gasteiger partial charge is 0.215 e. The molecule has 3 aromatic rings. The van der Waals surface area contributed by atoms with Gasteiger partial charge in [0.2, 0.25) is 18.1 Å². The van der Waals surface area contributed by atoms with E-state index in [2.05, 4.69) is 50.1 Å². The SMILES string of the molecule is CCN(CC)c1ccc(/N=C2/C(N(C)C=O)=Nn3c2nnc3-c2cnccn2)c(C)c1. The molecule has 158 valence electrons. The molecule has 4 rings (SSSR count). The van der Waals surface area contributed by atoms with Crippen LogP contribution in [-0.4, -0.2) is 67.8 Å². The van der Waals surface area contributed by atoms with Gasteiger partial charge in [-0.1, -0.05) is 0 Å². The van der Waals surface area contributed by atoms with Gasteiger partial charge in [0.1, 0.15) is 5.69 Å². The third kappa shape index (κ3) is 3.67. The number of fused-ring (bicyclic) bond motifs is 1. The molecule has 10 nitrogen and oxygen atoms in total. The first kappa shape index (κ1) is 20.3. The number of hydrogen-bond acceptors (Lipinski definition) is 8. The molecule has 0 unspecified atom stereocenters. The number of rotatable bonds is 6.